The zero-order valence-electron chi connectivity index (χ0n) is 22.1. The summed E-state index contributed by atoms with van der Waals surface area (Å²) in [6.07, 6.45) is -9.93. The second-order valence-corrected chi connectivity index (χ2v) is 12.1. The van der Waals surface area contributed by atoms with Crippen molar-refractivity contribution in [3.63, 3.8) is 0 Å². The predicted molar refractivity (Wildman–Crippen MR) is 140 cm³/mol. The number of alkyl halides is 3. The topological polar surface area (TPSA) is 210 Å². The van der Waals surface area contributed by atoms with Crippen LogP contribution in [0.4, 0.5) is 19.0 Å². The van der Waals surface area contributed by atoms with Crippen LogP contribution >= 0.6 is 16.5 Å². The number of aliphatic hydroxyl groups excluding tert-OH is 1. The first kappa shape index (κ1) is 29.6. The van der Waals surface area contributed by atoms with Crippen molar-refractivity contribution in [1.82, 2.24) is 34.5 Å². The fourth-order valence-electron chi connectivity index (χ4n) is 5.39. The molecule has 9 atom stereocenters. The Labute approximate surface area is 245 Å². The van der Waals surface area contributed by atoms with Gasteiger partial charge in [-0.25, -0.2) is 19.6 Å². The van der Waals surface area contributed by atoms with Gasteiger partial charge in [0.1, 0.15) is 48.0 Å². The zero-order chi connectivity index (χ0) is 30.7. The monoisotopic (exact) mass is 662 g/mol. The van der Waals surface area contributed by atoms with Crippen molar-refractivity contribution in [2.24, 2.45) is 0 Å². The molecule has 0 saturated carbocycles. The van der Waals surface area contributed by atoms with E-state index in [4.69, 9.17) is 33.3 Å². The smallest absolute Gasteiger partial charge is 0.387 e. The highest BCUT2D eigenvalue weighted by Crippen LogP contribution is 2.44. The molecular formula is C22H23F3N8O9P2. The third-order valence-electron chi connectivity index (χ3n) is 7.45. The Kier molecular flexibility index (Phi) is 7.67. The lowest BCUT2D eigenvalue weighted by atomic mass is 10.1. The number of imidazole rings is 1. The Bertz CT molecular complexity index is 1760. The Balaban J connectivity index is 1.14. The lowest BCUT2D eigenvalue weighted by Gasteiger charge is -2.22. The summed E-state index contributed by atoms with van der Waals surface area (Å²) in [6.45, 7) is -0.821. The zero-order valence-corrected chi connectivity index (χ0v) is 24.1. The van der Waals surface area contributed by atoms with E-state index < -0.39 is 83.3 Å². The minimum Gasteiger partial charge on any atom is -0.387 e. The number of fused-ring (bicyclic) bond motifs is 5. The van der Waals surface area contributed by atoms with Gasteiger partial charge in [-0.15, -0.1) is 5.10 Å². The number of aromatic nitrogens is 7. The van der Waals surface area contributed by atoms with Crippen LogP contribution in [0.15, 0.2) is 30.9 Å². The van der Waals surface area contributed by atoms with Crippen molar-refractivity contribution in [2.75, 3.05) is 18.9 Å². The van der Waals surface area contributed by atoms with Crippen LogP contribution in [0.2, 0.25) is 0 Å². The molecule has 2 bridgehead atoms. The second-order valence-electron chi connectivity index (χ2n) is 10.1. The number of halogens is 3. The van der Waals surface area contributed by atoms with Gasteiger partial charge in [-0.05, 0) is 12.1 Å². The molecule has 3 N–H and O–H groups in total. The second kappa shape index (κ2) is 11.4. The first-order valence-electron chi connectivity index (χ1n) is 13.1. The van der Waals surface area contributed by atoms with Crippen molar-refractivity contribution in [2.45, 2.75) is 55.6 Å². The summed E-state index contributed by atoms with van der Waals surface area (Å²) in [4.78, 5) is 12.3. The number of hydrogen-bond acceptors (Lipinski definition) is 15. The molecule has 3 aliphatic rings. The van der Waals surface area contributed by atoms with Crippen LogP contribution in [0.5, 0.6) is 0 Å². The molecule has 0 spiro atoms. The minimum atomic E-state index is -4.72. The number of ether oxygens (including phenoxy) is 2. The molecule has 3 saturated heterocycles. The van der Waals surface area contributed by atoms with Crippen LogP contribution < -0.4 is 5.73 Å². The number of hydrogen-bond donors (Lipinski definition) is 2. The summed E-state index contributed by atoms with van der Waals surface area (Å²) in [6, 6.07) is 3.33. The van der Waals surface area contributed by atoms with Gasteiger partial charge in [0.15, 0.2) is 17.7 Å². The molecule has 3 fully saturated rings. The van der Waals surface area contributed by atoms with Crippen molar-refractivity contribution >= 4 is 44.5 Å². The highest BCUT2D eigenvalue weighted by Gasteiger charge is 2.49. The van der Waals surface area contributed by atoms with Gasteiger partial charge in [0, 0.05) is 6.42 Å². The molecule has 7 rings (SSSR count). The number of anilines is 1. The summed E-state index contributed by atoms with van der Waals surface area (Å²) in [5.41, 5.74) is 5.03. The average Bonchev–Trinajstić information content (AvgIpc) is 3.75. The van der Waals surface area contributed by atoms with E-state index in [-0.39, 0.29) is 24.4 Å². The number of nitrogens with two attached hydrogens (primary N) is 1. The van der Waals surface area contributed by atoms with Crippen molar-refractivity contribution < 1.29 is 55.0 Å². The normalized spacial score (nSPS) is 33.6. The highest BCUT2D eigenvalue weighted by molar-refractivity contribution is 7.33. The molecule has 1 aromatic carbocycles. The number of aliphatic hydroxyl groups is 1. The van der Waals surface area contributed by atoms with Gasteiger partial charge in [-0.1, -0.05) is 11.3 Å². The standard InChI is InChI=1S/C22H23F3N8O9P2/c23-22(24,25)9-2-1-3-10-15(9)30-31-33(10)21-18-17(34)13(40-21)6-38-43(35)41-11-4-14(39-12(11)5-37-44(36)42-18)32-8-29-16-19(26)27-7-28-20(16)32/h1-3,7-8,11-14,17-18,21,34,43-44H,4-6H2,(H2,26,27,28)/t11-,12+,13+,14+,17+,18+,21+/m0/s1. The molecule has 0 radical (unpaired) electrons. The molecule has 2 unspecified atom stereocenters. The maximum atomic E-state index is 13.6. The SMILES string of the molecule is Nc1ncnc2c1ncn2[C@H]1C[C@@H]2O[PH](=O)OC[C@H]3O[C@@H](n4nnc5c(C(F)(F)F)cccc54)[C@H](O[PH](=O)OC[C@H]2O1)[C@@H]3O. The van der Waals surface area contributed by atoms with Crippen molar-refractivity contribution in [1.29, 1.82) is 0 Å². The molecule has 0 amide bonds. The molecule has 3 aromatic heterocycles. The third-order valence-corrected chi connectivity index (χ3v) is 9.22. The first-order valence-corrected chi connectivity index (χ1v) is 15.5. The van der Waals surface area contributed by atoms with Gasteiger partial charge in [0.2, 0.25) is 0 Å². The van der Waals surface area contributed by atoms with E-state index in [1.165, 1.54) is 18.7 Å². The number of benzene rings is 1. The largest absolute Gasteiger partial charge is 0.418 e. The molecule has 3 aliphatic heterocycles. The molecule has 17 nitrogen and oxygen atoms in total. The summed E-state index contributed by atoms with van der Waals surface area (Å²) in [7, 11) is -6.63. The maximum Gasteiger partial charge on any atom is 0.418 e. The van der Waals surface area contributed by atoms with Crippen LogP contribution in [0, 0.1) is 0 Å². The van der Waals surface area contributed by atoms with Crippen LogP contribution in [0.25, 0.3) is 22.2 Å². The molecule has 44 heavy (non-hydrogen) atoms. The van der Waals surface area contributed by atoms with Crippen molar-refractivity contribution in [3.8, 4) is 0 Å². The van der Waals surface area contributed by atoms with Crippen LogP contribution in [-0.4, -0.2) is 83.4 Å². The first-order chi connectivity index (χ1) is 21.1. The predicted octanol–water partition coefficient (Wildman–Crippen LogP) is 2.01. The number of nitrogen functional groups attached to an aromatic ring is 1. The quantitative estimate of drug-likeness (QED) is 0.294. The Hall–Kier alpha value is -3.06. The average molecular weight is 662 g/mol. The van der Waals surface area contributed by atoms with Gasteiger partial charge in [0.05, 0.1) is 36.7 Å². The molecule has 6 heterocycles. The molecule has 4 aromatic rings. The maximum absolute atomic E-state index is 13.6. The number of rotatable bonds is 2. The molecule has 0 aliphatic carbocycles. The summed E-state index contributed by atoms with van der Waals surface area (Å²) in [5.74, 6) is 0.167. The van der Waals surface area contributed by atoms with Gasteiger partial charge in [-0.3, -0.25) is 18.2 Å². The fraction of sp³-hybridized carbons (Fsp3) is 0.500. The van der Waals surface area contributed by atoms with Crippen LogP contribution in [-0.2, 0) is 42.9 Å². The van der Waals surface area contributed by atoms with Gasteiger partial charge >= 0.3 is 22.7 Å². The van der Waals surface area contributed by atoms with Gasteiger partial charge in [0.25, 0.3) is 0 Å². The Morgan fingerprint density at radius 1 is 0.977 bits per heavy atom. The highest BCUT2D eigenvalue weighted by atomic mass is 31.1. The summed E-state index contributed by atoms with van der Waals surface area (Å²) >= 11 is 0. The van der Waals surface area contributed by atoms with E-state index in [1.54, 1.807) is 4.57 Å². The minimum absolute atomic E-state index is 0.0851. The van der Waals surface area contributed by atoms with Gasteiger partial charge < -0.3 is 33.9 Å². The van der Waals surface area contributed by atoms with E-state index >= 15 is 0 Å². The lowest BCUT2D eigenvalue weighted by Crippen LogP contribution is -2.34. The Morgan fingerprint density at radius 2 is 1.75 bits per heavy atom. The molecule has 22 heteroatoms. The molecule has 236 valence electrons. The van der Waals surface area contributed by atoms with Gasteiger partial charge in [-0.2, -0.15) is 13.2 Å². The van der Waals surface area contributed by atoms with E-state index in [0.717, 1.165) is 16.8 Å². The number of nitrogens with zero attached hydrogens (tertiary/aromatic N) is 7. The summed E-state index contributed by atoms with van der Waals surface area (Å²) in [5, 5.41) is 18.4. The fourth-order valence-corrected chi connectivity index (χ4v) is 7.10. The summed E-state index contributed by atoms with van der Waals surface area (Å²) < 4.78 is 103. The van der Waals surface area contributed by atoms with E-state index in [1.807, 2.05) is 0 Å². The van der Waals surface area contributed by atoms with Crippen LogP contribution in [0.3, 0.4) is 0 Å². The lowest BCUT2D eigenvalue weighted by molar-refractivity contribution is -0.136. The third kappa shape index (κ3) is 5.29. The van der Waals surface area contributed by atoms with Crippen molar-refractivity contribution in [3.05, 3.63) is 36.4 Å². The Morgan fingerprint density at radius 3 is 2.55 bits per heavy atom. The van der Waals surface area contributed by atoms with E-state index in [9.17, 15) is 27.4 Å². The van der Waals surface area contributed by atoms with E-state index in [2.05, 4.69) is 25.3 Å². The van der Waals surface area contributed by atoms with E-state index in [0.29, 0.717) is 11.2 Å². The van der Waals surface area contributed by atoms with Crippen LogP contribution in [0.1, 0.15) is 24.4 Å². The molecular weight excluding hydrogens is 639 g/mol.